The maximum Gasteiger partial charge on any atom is 0.339 e. The molecule has 0 saturated heterocycles. The second kappa shape index (κ2) is 6.54. The fraction of sp³-hybridized carbons (Fsp3) is 0.250. The number of sulfonamides is 1. The Morgan fingerprint density at radius 3 is 1.92 bits per heavy atom. The molecule has 8 heteroatoms. The van der Waals surface area contributed by atoms with Gasteiger partial charge in [0.25, 0.3) is 0 Å². The third-order valence-electron chi connectivity index (χ3n) is 3.51. The second-order valence-electron chi connectivity index (χ2n) is 5.73. The summed E-state index contributed by atoms with van der Waals surface area (Å²) >= 11 is 0. The molecule has 0 unspecified atom stereocenters. The van der Waals surface area contributed by atoms with E-state index in [-0.39, 0.29) is 15.5 Å². The lowest BCUT2D eigenvalue weighted by Gasteiger charge is -2.12. The summed E-state index contributed by atoms with van der Waals surface area (Å²) in [4.78, 5) is -0.320. The van der Waals surface area contributed by atoms with Crippen LogP contribution in [0.15, 0.2) is 52.3 Å². The van der Waals surface area contributed by atoms with Crippen molar-refractivity contribution in [2.24, 2.45) is 5.14 Å². The Balaban J connectivity index is 2.30. The minimum Gasteiger partial charge on any atom is -0.379 e. The molecule has 0 fully saturated rings. The van der Waals surface area contributed by atoms with Crippen molar-refractivity contribution in [2.45, 2.75) is 36.5 Å². The molecule has 0 bridgehead atoms. The topological polar surface area (TPSA) is 104 Å². The molecule has 24 heavy (non-hydrogen) atoms. The van der Waals surface area contributed by atoms with E-state index >= 15 is 0 Å². The van der Waals surface area contributed by atoms with Crippen LogP contribution < -0.4 is 9.32 Å². The molecule has 0 heterocycles. The van der Waals surface area contributed by atoms with Crippen LogP contribution in [0.1, 0.15) is 30.9 Å². The quantitative estimate of drug-likeness (QED) is 0.816. The third kappa shape index (κ3) is 4.14. The summed E-state index contributed by atoms with van der Waals surface area (Å²) in [6.45, 7) is 5.98. The maximum atomic E-state index is 12.3. The highest BCUT2D eigenvalue weighted by atomic mass is 32.2. The monoisotopic (exact) mass is 369 g/mol. The van der Waals surface area contributed by atoms with E-state index < -0.39 is 20.1 Å². The molecule has 6 nitrogen and oxygen atoms in total. The number of aryl methyl sites for hydroxylation is 1. The van der Waals surface area contributed by atoms with Gasteiger partial charge in [-0.25, -0.2) is 13.6 Å². The minimum atomic E-state index is -4.06. The zero-order valence-electron chi connectivity index (χ0n) is 13.6. The van der Waals surface area contributed by atoms with E-state index in [1.165, 1.54) is 0 Å². The van der Waals surface area contributed by atoms with Gasteiger partial charge < -0.3 is 4.18 Å². The van der Waals surface area contributed by atoms with Crippen molar-refractivity contribution in [2.75, 3.05) is 0 Å². The molecule has 0 aromatic heterocycles. The van der Waals surface area contributed by atoms with E-state index in [4.69, 9.17) is 9.32 Å². The van der Waals surface area contributed by atoms with Crippen molar-refractivity contribution in [3.05, 3.63) is 53.6 Å². The molecule has 0 amide bonds. The van der Waals surface area contributed by atoms with Gasteiger partial charge in [0.2, 0.25) is 10.0 Å². The fourth-order valence-electron chi connectivity index (χ4n) is 2.32. The lowest BCUT2D eigenvalue weighted by Crippen LogP contribution is -2.13. The van der Waals surface area contributed by atoms with Crippen molar-refractivity contribution >= 4 is 20.1 Å². The van der Waals surface area contributed by atoms with Gasteiger partial charge in [-0.15, -0.1) is 0 Å². The van der Waals surface area contributed by atoms with Gasteiger partial charge in [0.1, 0.15) is 10.6 Å². The van der Waals surface area contributed by atoms with E-state index in [9.17, 15) is 16.8 Å². The lowest BCUT2D eigenvalue weighted by atomic mass is 9.98. The molecule has 0 radical (unpaired) electrons. The molecule has 0 saturated carbocycles. The zero-order chi connectivity index (χ0) is 18.1. The van der Waals surface area contributed by atoms with E-state index in [0.29, 0.717) is 5.92 Å². The molecule has 0 aliphatic heterocycles. The van der Waals surface area contributed by atoms with Crippen molar-refractivity contribution in [1.29, 1.82) is 0 Å². The SMILES string of the molecule is Cc1cc(OS(=O)(=O)c2ccc(S(N)(=O)=O)cc2)ccc1C(C)C. The first-order valence-corrected chi connectivity index (χ1v) is 10.1. The van der Waals surface area contributed by atoms with Crippen molar-refractivity contribution in [3.63, 3.8) is 0 Å². The van der Waals surface area contributed by atoms with Gasteiger partial charge >= 0.3 is 10.1 Å². The van der Waals surface area contributed by atoms with Crippen LogP contribution in [0.5, 0.6) is 5.75 Å². The molecule has 2 aromatic rings. The maximum absolute atomic E-state index is 12.3. The van der Waals surface area contributed by atoms with Crippen LogP contribution in [0.2, 0.25) is 0 Å². The summed E-state index contributed by atoms with van der Waals surface area (Å²) in [5.41, 5.74) is 2.04. The van der Waals surface area contributed by atoms with Crippen molar-refractivity contribution < 1.29 is 21.0 Å². The smallest absolute Gasteiger partial charge is 0.339 e. The van der Waals surface area contributed by atoms with Crippen LogP contribution in [-0.2, 0) is 20.1 Å². The van der Waals surface area contributed by atoms with E-state index in [1.54, 1.807) is 12.1 Å². The number of rotatable bonds is 5. The van der Waals surface area contributed by atoms with Crippen LogP contribution in [0.25, 0.3) is 0 Å². The average molecular weight is 369 g/mol. The molecule has 130 valence electrons. The Hall–Kier alpha value is -1.90. The summed E-state index contributed by atoms with van der Waals surface area (Å²) in [6.07, 6.45) is 0. The summed E-state index contributed by atoms with van der Waals surface area (Å²) < 4.78 is 52.1. The molecule has 0 atom stereocenters. The Morgan fingerprint density at radius 1 is 0.917 bits per heavy atom. The zero-order valence-corrected chi connectivity index (χ0v) is 15.2. The van der Waals surface area contributed by atoms with Gasteiger partial charge in [0.15, 0.2) is 0 Å². The van der Waals surface area contributed by atoms with Crippen LogP contribution >= 0.6 is 0 Å². The first-order valence-electron chi connectivity index (χ1n) is 7.18. The second-order valence-corrected chi connectivity index (χ2v) is 8.83. The largest absolute Gasteiger partial charge is 0.379 e. The molecule has 2 rings (SSSR count). The Kier molecular flexibility index (Phi) is 5.03. The van der Waals surface area contributed by atoms with Crippen molar-refractivity contribution in [3.8, 4) is 5.75 Å². The molecular formula is C16H19NO5S2. The third-order valence-corrected chi connectivity index (χ3v) is 5.70. The average Bonchev–Trinajstić information content (AvgIpc) is 2.45. The summed E-state index contributed by atoms with van der Waals surface area (Å²) in [5, 5.41) is 4.99. The molecular weight excluding hydrogens is 350 g/mol. The van der Waals surface area contributed by atoms with E-state index in [2.05, 4.69) is 0 Å². The van der Waals surface area contributed by atoms with Crippen LogP contribution in [0, 0.1) is 6.92 Å². The van der Waals surface area contributed by atoms with E-state index in [1.807, 2.05) is 26.8 Å². The number of nitrogens with two attached hydrogens (primary N) is 1. The van der Waals surface area contributed by atoms with Gasteiger partial charge in [0, 0.05) is 0 Å². The predicted octanol–water partition coefficient (Wildman–Crippen LogP) is 2.53. The van der Waals surface area contributed by atoms with Crippen LogP contribution in [-0.4, -0.2) is 16.8 Å². The first-order chi connectivity index (χ1) is 11.0. The minimum absolute atomic E-state index is 0.152. The van der Waals surface area contributed by atoms with Gasteiger partial charge in [-0.2, -0.15) is 8.42 Å². The molecule has 0 aliphatic rings. The summed E-state index contributed by atoms with van der Waals surface area (Å²) in [7, 11) is -7.94. The van der Waals surface area contributed by atoms with Gasteiger partial charge in [0.05, 0.1) is 4.90 Å². The first kappa shape index (κ1) is 18.4. The molecule has 0 spiro atoms. The Morgan fingerprint density at radius 2 is 1.46 bits per heavy atom. The Labute approximate surface area is 142 Å². The predicted molar refractivity (Wildman–Crippen MR) is 90.9 cm³/mol. The fourth-order valence-corrected chi connectivity index (χ4v) is 3.76. The van der Waals surface area contributed by atoms with E-state index in [0.717, 1.165) is 35.4 Å². The number of hydrogen-bond donors (Lipinski definition) is 1. The number of hydrogen-bond acceptors (Lipinski definition) is 5. The van der Waals surface area contributed by atoms with Gasteiger partial charge in [-0.3, -0.25) is 0 Å². The van der Waals surface area contributed by atoms with Gasteiger partial charge in [-0.1, -0.05) is 19.9 Å². The van der Waals surface area contributed by atoms with Crippen LogP contribution in [0.4, 0.5) is 0 Å². The lowest BCUT2D eigenvalue weighted by molar-refractivity contribution is 0.485. The summed E-state index contributed by atoms with van der Waals surface area (Å²) in [6, 6.07) is 9.62. The standard InChI is InChI=1S/C16H19NO5S2/c1-11(2)16-9-4-13(10-12(16)3)22-24(20,21)15-7-5-14(6-8-15)23(17,18)19/h4-11H,1-3H3,(H2,17,18,19). The highest BCUT2D eigenvalue weighted by Crippen LogP contribution is 2.26. The summed E-state index contributed by atoms with van der Waals surface area (Å²) in [5.74, 6) is 0.522. The normalized spacial score (nSPS) is 12.4. The molecule has 2 aromatic carbocycles. The number of benzene rings is 2. The molecule has 0 aliphatic carbocycles. The van der Waals surface area contributed by atoms with Crippen LogP contribution in [0.3, 0.4) is 0 Å². The highest BCUT2D eigenvalue weighted by molar-refractivity contribution is 7.89. The van der Waals surface area contributed by atoms with Gasteiger partial charge in [-0.05, 0) is 60.4 Å². The molecule has 2 N–H and O–H groups in total. The Bertz CT molecular complexity index is 946. The number of primary sulfonamides is 1. The highest BCUT2D eigenvalue weighted by Gasteiger charge is 2.18. The van der Waals surface area contributed by atoms with Crippen molar-refractivity contribution in [1.82, 2.24) is 0 Å².